The van der Waals surface area contributed by atoms with Crippen LogP contribution in [0, 0.1) is 0 Å². The SMILES string of the molecule is CCCCNS(=O)(=O)c1ccc2nc(SCc3cccc(OC)c3)[nH]c2c1. The highest BCUT2D eigenvalue weighted by molar-refractivity contribution is 7.98. The minimum atomic E-state index is -3.50. The van der Waals surface area contributed by atoms with Gasteiger partial charge in [0.1, 0.15) is 5.75 Å². The van der Waals surface area contributed by atoms with E-state index in [-0.39, 0.29) is 4.90 Å². The summed E-state index contributed by atoms with van der Waals surface area (Å²) in [7, 11) is -1.85. The molecule has 27 heavy (non-hydrogen) atoms. The van der Waals surface area contributed by atoms with E-state index in [4.69, 9.17) is 4.74 Å². The van der Waals surface area contributed by atoms with Crippen molar-refractivity contribution in [2.45, 2.75) is 35.6 Å². The molecule has 0 unspecified atom stereocenters. The third-order valence-corrected chi connectivity index (χ3v) is 6.48. The van der Waals surface area contributed by atoms with E-state index < -0.39 is 10.0 Å². The Bertz CT molecular complexity index is 1020. The average Bonchev–Trinajstić information content (AvgIpc) is 3.09. The van der Waals surface area contributed by atoms with Crippen LogP contribution in [0.15, 0.2) is 52.5 Å². The molecule has 0 fully saturated rings. The van der Waals surface area contributed by atoms with Gasteiger partial charge in [0.15, 0.2) is 5.16 Å². The summed E-state index contributed by atoms with van der Waals surface area (Å²) in [6.45, 7) is 2.47. The molecule has 1 aromatic heterocycles. The third kappa shape index (κ3) is 5.03. The number of sulfonamides is 1. The highest BCUT2D eigenvalue weighted by atomic mass is 32.2. The molecule has 0 aliphatic heterocycles. The van der Waals surface area contributed by atoms with Crippen molar-refractivity contribution in [2.75, 3.05) is 13.7 Å². The zero-order valence-electron chi connectivity index (χ0n) is 15.4. The summed E-state index contributed by atoms with van der Waals surface area (Å²) in [5, 5.41) is 0.751. The number of methoxy groups -OCH3 is 1. The first kappa shape index (κ1) is 19.7. The largest absolute Gasteiger partial charge is 0.497 e. The minimum absolute atomic E-state index is 0.249. The second kappa shape index (κ2) is 8.77. The van der Waals surface area contributed by atoms with E-state index in [0.717, 1.165) is 40.6 Å². The highest BCUT2D eigenvalue weighted by Gasteiger charge is 2.15. The normalized spacial score (nSPS) is 11.8. The summed E-state index contributed by atoms with van der Waals surface area (Å²) >= 11 is 1.56. The van der Waals surface area contributed by atoms with Crippen molar-refractivity contribution in [2.24, 2.45) is 0 Å². The zero-order valence-corrected chi connectivity index (χ0v) is 17.0. The fourth-order valence-electron chi connectivity index (χ4n) is 2.58. The summed E-state index contributed by atoms with van der Waals surface area (Å²) in [5.41, 5.74) is 2.58. The number of nitrogens with zero attached hydrogens (tertiary/aromatic N) is 1. The monoisotopic (exact) mass is 405 g/mol. The van der Waals surface area contributed by atoms with Crippen LogP contribution in [0.5, 0.6) is 5.75 Å². The van der Waals surface area contributed by atoms with Crippen molar-refractivity contribution in [1.82, 2.24) is 14.7 Å². The minimum Gasteiger partial charge on any atom is -0.497 e. The molecule has 0 radical (unpaired) electrons. The Morgan fingerprint density at radius 2 is 2.07 bits per heavy atom. The van der Waals surface area contributed by atoms with Crippen molar-refractivity contribution in [3.05, 3.63) is 48.0 Å². The van der Waals surface area contributed by atoms with Crippen LogP contribution in [-0.2, 0) is 15.8 Å². The van der Waals surface area contributed by atoms with E-state index in [2.05, 4.69) is 14.7 Å². The smallest absolute Gasteiger partial charge is 0.240 e. The molecule has 6 nitrogen and oxygen atoms in total. The van der Waals surface area contributed by atoms with Crippen LogP contribution in [0.25, 0.3) is 11.0 Å². The predicted molar refractivity (Wildman–Crippen MR) is 109 cm³/mol. The lowest BCUT2D eigenvalue weighted by Crippen LogP contribution is -2.24. The number of ether oxygens (including phenoxy) is 1. The number of benzene rings is 2. The Morgan fingerprint density at radius 3 is 2.85 bits per heavy atom. The number of aromatic nitrogens is 2. The summed E-state index contributed by atoms with van der Waals surface area (Å²) in [5.74, 6) is 1.56. The Labute approximate surface area is 163 Å². The molecule has 0 bridgehead atoms. The Morgan fingerprint density at radius 1 is 1.22 bits per heavy atom. The molecule has 0 amide bonds. The second-order valence-corrected chi connectivity index (χ2v) is 8.84. The summed E-state index contributed by atoms with van der Waals surface area (Å²) in [6, 6.07) is 12.8. The van der Waals surface area contributed by atoms with E-state index in [1.165, 1.54) is 0 Å². The van der Waals surface area contributed by atoms with Gasteiger partial charge in [-0.3, -0.25) is 0 Å². The molecule has 0 spiro atoms. The third-order valence-electron chi connectivity index (χ3n) is 4.07. The van der Waals surface area contributed by atoms with E-state index in [0.29, 0.717) is 12.1 Å². The van der Waals surface area contributed by atoms with Crippen molar-refractivity contribution in [3.63, 3.8) is 0 Å². The molecule has 8 heteroatoms. The number of rotatable bonds is 9. The molecule has 0 aliphatic rings. The number of H-pyrrole nitrogens is 1. The second-order valence-electron chi connectivity index (χ2n) is 6.11. The summed E-state index contributed by atoms with van der Waals surface area (Å²) in [6.07, 6.45) is 1.76. The van der Waals surface area contributed by atoms with Gasteiger partial charge in [-0.05, 0) is 42.3 Å². The molecule has 2 N–H and O–H groups in total. The van der Waals surface area contributed by atoms with Gasteiger partial charge in [-0.1, -0.05) is 37.2 Å². The number of aromatic amines is 1. The first-order chi connectivity index (χ1) is 13.0. The van der Waals surface area contributed by atoms with Gasteiger partial charge in [0.2, 0.25) is 10.0 Å². The Balaban J connectivity index is 1.73. The Kier molecular flexibility index (Phi) is 6.41. The van der Waals surface area contributed by atoms with Gasteiger partial charge < -0.3 is 9.72 Å². The quantitative estimate of drug-likeness (QED) is 0.416. The number of nitrogens with one attached hydrogen (secondary N) is 2. The molecule has 144 valence electrons. The molecular weight excluding hydrogens is 382 g/mol. The molecular formula is C19H23N3O3S2. The van der Waals surface area contributed by atoms with Crippen LogP contribution in [0.3, 0.4) is 0 Å². The lowest BCUT2D eigenvalue weighted by molar-refractivity contribution is 0.414. The first-order valence-electron chi connectivity index (χ1n) is 8.77. The van der Waals surface area contributed by atoms with Gasteiger partial charge in [0.05, 0.1) is 23.0 Å². The van der Waals surface area contributed by atoms with Crippen LogP contribution in [0.2, 0.25) is 0 Å². The maximum absolute atomic E-state index is 12.4. The van der Waals surface area contributed by atoms with Gasteiger partial charge in [0, 0.05) is 12.3 Å². The number of thioether (sulfide) groups is 1. The van der Waals surface area contributed by atoms with Crippen LogP contribution >= 0.6 is 11.8 Å². The standard InChI is InChI=1S/C19H23N3O3S2/c1-3-4-10-20-27(23,24)16-8-9-17-18(12-16)22-19(21-17)26-13-14-6-5-7-15(11-14)25-2/h5-9,11-12,20H,3-4,10,13H2,1-2H3,(H,21,22). The van der Waals surface area contributed by atoms with Gasteiger partial charge in [0.25, 0.3) is 0 Å². The average molecular weight is 406 g/mol. The van der Waals surface area contributed by atoms with E-state index in [9.17, 15) is 8.42 Å². The van der Waals surface area contributed by atoms with Crippen LogP contribution in [0.1, 0.15) is 25.3 Å². The van der Waals surface area contributed by atoms with Crippen LogP contribution in [-0.4, -0.2) is 32.0 Å². The van der Waals surface area contributed by atoms with E-state index >= 15 is 0 Å². The maximum Gasteiger partial charge on any atom is 0.240 e. The molecule has 3 aromatic rings. The number of unbranched alkanes of at least 4 members (excludes halogenated alkanes) is 1. The maximum atomic E-state index is 12.4. The molecule has 0 saturated heterocycles. The molecule has 2 aromatic carbocycles. The summed E-state index contributed by atoms with van der Waals surface area (Å²) in [4.78, 5) is 7.98. The van der Waals surface area contributed by atoms with E-state index in [1.807, 2.05) is 31.2 Å². The number of hydrogen-bond donors (Lipinski definition) is 2. The van der Waals surface area contributed by atoms with Crippen LogP contribution in [0.4, 0.5) is 0 Å². The van der Waals surface area contributed by atoms with Crippen molar-refractivity contribution >= 4 is 32.8 Å². The van der Waals surface area contributed by atoms with Gasteiger partial charge in [-0.15, -0.1) is 0 Å². The fraction of sp³-hybridized carbons (Fsp3) is 0.316. The predicted octanol–water partition coefficient (Wildman–Crippen LogP) is 3.94. The Hall–Kier alpha value is -2.03. The van der Waals surface area contributed by atoms with Gasteiger partial charge >= 0.3 is 0 Å². The van der Waals surface area contributed by atoms with E-state index in [1.54, 1.807) is 37.1 Å². The summed E-state index contributed by atoms with van der Waals surface area (Å²) < 4.78 is 32.6. The molecule has 1 heterocycles. The van der Waals surface area contributed by atoms with Gasteiger partial charge in [-0.25, -0.2) is 18.1 Å². The zero-order chi connectivity index (χ0) is 19.3. The molecule has 3 rings (SSSR count). The highest BCUT2D eigenvalue weighted by Crippen LogP contribution is 2.26. The topological polar surface area (TPSA) is 84.1 Å². The lowest BCUT2D eigenvalue weighted by atomic mass is 10.2. The van der Waals surface area contributed by atoms with Crippen LogP contribution < -0.4 is 9.46 Å². The van der Waals surface area contributed by atoms with Crippen molar-refractivity contribution < 1.29 is 13.2 Å². The van der Waals surface area contributed by atoms with Crippen molar-refractivity contribution in [3.8, 4) is 5.75 Å². The molecule has 0 aliphatic carbocycles. The first-order valence-corrected chi connectivity index (χ1v) is 11.2. The number of fused-ring (bicyclic) bond motifs is 1. The van der Waals surface area contributed by atoms with Crippen molar-refractivity contribution in [1.29, 1.82) is 0 Å². The molecule has 0 atom stereocenters. The number of imidazole rings is 1. The van der Waals surface area contributed by atoms with Gasteiger partial charge in [-0.2, -0.15) is 0 Å². The lowest BCUT2D eigenvalue weighted by Gasteiger charge is -2.05. The number of hydrogen-bond acceptors (Lipinski definition) is 5. The molecule has 0 saturated carbocycles. The fourth-order valence-corrected chi connectivity index (χ4v) is 4.51.